The Morgan fingerprint density at radius 3 is 2.71 bits per heavy atom. The third kappa shape index (κ3) is 4.70. The maximum atomic E-state index is 12.9. The predicted octanol–water partition coefficient (Wildman–Crippen LogP) is 3.69. The van der Waals surface area contributed by atoms with Crippen molar-refractivity contribution in [2.75, 3.05) is 59.5 Å². The number of hydrogen-bond acceptors (Lipinski definition) is 3. The van der Waals surface area contributed by atoms with Crippen LogP contribution in [0.2, 0.25) is 0 Å². The lowest BCUT2D eigenvalue weighted by Crippen LogP contribution is -2.58. The van der Waals surface area contributed by atoms with Crippen LogP contribution in [0.1, 0.15) is 56.4 Å². The first kappa shape index (κ1) is 24.6. The zero-order valence-corrected chi connectivity index (χ0v) is 22.1. The number of aromatic nitrogens is 1. The molecule has 2 amide bonds. The Bertz CT molecular complexity index is 1040. The number of urea groups is 1. The third-order valence-electron chi connectivity index (χ3n) is 8.77. The van der Waals surface area contributed by atoms with Gasteiger partial charge in [0.25, 0.3) is 0 Å². The van der Waals surface area contributed by atoms with Gasteiger partial charge in [0, 0.05) is 48.5 Å². The first-order chi connectivity index (χ1) is 17.0. The minimum atomic E-state index is 0.0796. The molecule has 2 N–H and O–H groups in total. The fourth-order valence-electron chi connectivity index (χ4n) is 6.84. The van der Waals surface area contributed by atoms with Gasteiger partial charge in [0.1, 0.15) is 19.6 Å². The van der Waals surface area contributed by atoms with Crippen LogP contribution in [0.25, 0.3) is 10.9 Å². The van der Waals surface area contributed by atoms with E-state index in [0.29, 0.717) is 12.0 Å². The van der Waals surface area contributed by atoms with Gasteiger partial charge >= 0.3 is 6.03 Å². The van der Waals surface area contributed by atoms with Crippen molar-refractivity contribution in [2.45, 2.75) is 64.6 Å². The second-order valence-electron chi connectivity index (χ2n) is 11.1. The highest BCUT2D eigenvalue weighted by atomic mass is 16.5. The van der Waals surface area contributed by atoms with Crippen molar-refractivity contribution >= 4 is 16.9 Å². The van der Waals surface area contributed by atoms with Gasteiger partial charge in [-0.15, -0.1) is 0 Å². The average Bonchev–Trinajstić information content (AvgIpc) is 3.18. The molecule has 2 aromatic rings. The van der Waals surface area contributed by atoms with Crippen LogP contribution in [0.4, 0.5) is 4.79 Å². The number of piperidine rings is 1. The van der Waals surface area contributed by atoms with Crippen molar-refractivity contribution < 1.29 is 14.0 Å². The lowest BCUT2D eigenvalue weighted by Gasteiger charge is -2.47. The quantitative estimate of drug-likeness (QED) is 0.592. The van der Waals surface area contributed by atoms with Crippen LogP contribution in [0, 0.1) is 0 Å². The van der Waals surface area contributed by atoms with E-state index in [1.54, 1.807) is 0 Å². The largest absolute Gasteiger partial charge is 0.370 e. The van der Waals surface area contributed by atoms with E-state index in [1.807, 2.05) is 4.90 Å². The predicted molar refractivity (Wildman–Crippen MR) is 141 cm³/mol. The van der Waals surface area contributed by atoms with Gasteiger partial charge in [-0.3, -0.25) is 4.90 Å². The summed E-state index contributed by atoms with van der Waals surface area (Å²) >= 11 is 0. The number of H-pyrrole nitrogens is 1. The summed E-state index contributed by atoms with van der Waals surface area (Å²) in [5.74, 6) is 0.449. The highest BCUT2D eigenvalue weighted by Gasteiger charge is 2.42. The number of hydrogen-bond donors (Lipinski definition) is 2. The summed E-state index contributed by atoms with van der Waals surface area (Å²) in [6.45, 7) is 14.8. The maximum absolute atomic E-state index is 12.9. The highest BCUT2D eigenvalue weighted by Crippen LogP contribution is 2.45. The molecule has 7 nitrogen and oxygen atoms in total. The van der Waals surface area contributed by atoms with Crippen molar-refractivity contribution in [1.29, 1.82) is 0 Å². The van der Waals surface area contributed by atoms with Gasteiger partial charge in [0.2, 0.25) is 0 Å². The summed E-state index contributed by atoms with van der Waals surface area (Å²) in [5.41, 5.74) is 5.71. The molecule has 1 aromatic carbocycles. The van der Waals surface area contributed by atoms with Crippen LogP contribution in [-0.4, -0.2) is 96.9 Å². The topological polar surface area (TPSA) is 60.6 Å². The Morgan fingerprint density at radius 2 is 2.00 bits per heavy atom. The Hall–Kier alpha value is -2.09. The summed E-state index contributed by atoms with van der Waals surface area (Å²) in [4.78, 5) is 21.3. The smallest absolute Gasteiger partial charge is 0.317 e. The van der Waals surface area contributed by atoms with E-state index in [4.69, 9.17) is 4.74 Å². The summed E-state index contributed by atoms with van der Waals surface area (Å²) in [6.07, 6.45) is 3.25. The first-order valence-electron chi connectivity index (χ1n) is 13.8. The minimum Gasteiger partial charge on any atom is -0.370 e. The number of morpholine rings is 1. The third-order valence-corrected chi connectivity index (χ3v) is 8.77. The average molecular weight is 483 g/mol. The number of likely N-dealkylation sites (tertiary alicyclic amines) is 1. The second kappa shape index (κ2) is 10.1. The van der Waals surface area contributed by atoms with Crippen LogP contribution in [-0.2, 0) is 17.7 Å². The van der Waals surface area contributed by atoms with Crippen LogP contribution in [0.5, 0.6) is 0 Å². The molecule has 0 spiro atoms. The molecule has 7 heteroatoms. The van der Waals surface area contributed by atoms with Crippen molar-refractivity contribution in [2.24, 2.45) is 0 Å². The Morgan fingerprint density at radius 1 is 1.23 bits per heavy atom. The highest BCUT2D eigenvalue weighted by molar-refractivity contribution is 5.89. The van der Waals surface area contributed by atoms with E-state index in [2.05, 4.69) is 61.2 Å². The number of nitrogens with one attached hydrogen (secondary N) is 2. The van der Waals surface area contributed by atoms with Crippen LogP contribution in [0.3, 0.4) is 0 Å². The number of carbonyl (C=O) groups is 1. The summed E-state index contributed by atoms with van der Waals surface area (Å²) in [6, 6.07) is 7.58. The number of quaternary nitrogens is 1. The number of ether oxygens (including phenoxy) is 1. The molecule has 1 aromatic heterocycles. The van der Waals surface area contributed by atoms with E-state index < -0.39 is 0 Å². The molecular weight excluding hydrogens is 438 g/mol. The first-order valence-corrected chi connectivity index (χ1v) is 13.8. The van der Waals surface area contributed by atoms with Crippen LogP contribution >= 0.6 is 0 Å². The molecule has 0 saturated carbocycles. The van der Waals surface area contributed by atoms with Crippen LogP contribution < -0.4 is 5.32 Å². The van der Waals surface area contributed by atoms with E-state index in [1.165, 1.54) is 27.7 Å². The molecule has 3 aliphatic rings. The number of likely N-dealkylation sites (N-methyl/N-ethyl adjacent to an activating group) is 1. The molecular formula is C28H44N5O2+. The van der Waals surface area contributed by atoms with Gasteiger partial charge in [0.05, 0.1) is 26.0 Å². The van der Waals surface area contributed by atoms with Crippen molar-refractivity contribution in [3.05, 3.63) is 35.0 Å². The number of fused-ring (bicyclic) bond motifs is 2. The standard InChI is InChI=1S/C28H43N5O2/c1-5-11-32-18-20(29-28(34)31(6-2)7-3)16-22-21-9-8-10-24-27(21)23(17-26(22)32)25(30-24)19-33(4)12-14-35-15-13-33/h8-10,20,22,26,30H,5-7,11-19H2,1-4H3/p+1/t20?,22-,26-/m1/s1. The van der Waals surface area contributed by atoms with Gasteiger partial charge in [-0.1, -0.05) is 19.1 Å². The Balaban J connectivity index is 1.47. The lowest BCUT2D eigenvalue weighted by atomic mass is 9.73. The molecule has 35 heavy (non-hydrogen) atoms. The number of amides is 2. The van der Waals surface area contributed by atoms with Crippen molar-refractivity contribution in [3.8, 4) is 0 Å². The molecule has 5 rings (SSSR count). The molecule has 3 heterocycles. The van der Waals surface area contributed by atoms with E-state index in [0.717, 1.165) is 82.8 Å². The number of benzene rings is 1. The van der Waals surface area contributed by atoms with E-state index in [9.17, 15) is 4.79 Å². The minimum absolute atomic E-state index is 0.0796. The monoisotopic (exact) mass is 482 g/mol. The molecule has 1 unspecified atom stereocenters. The molecule has 2 aliphatic heterocycles. The van der Waals surface area contributed by atoms with Crippen molar-refractivity contribution in [3.63, 3.8) is 0 Å². The molecule has 3 atom stereocenters. The number of aromatic amines is 1. The normalized spacial score (nSPS) is 25.9. The van der Waals surface area contributed by atoms with Crippen molar-refractivity contribution in [1.82, 2.24) is 20.1 Å². The SMILES string of the molecule is CCCN1CC(NC(=O)N(CC)CC)C[C@@H]2c3cccc4[nH]c(C[N+]5(C)CCOCC5)c(c34)C[C@H]21. The second-order valence-corrected chi connectivity index (χ2v) is 11.1. The van der Waals surface area contributed by atoms with Gasteiger partial charge in [-0.2, -0.15) is 0 Å². The van der Waals surface area contributed by atoms with E-state index >= 15 is 0 Å². The maximum Gasteiger partial charge on any atom is 0.317 e. The fourth-order valence-corrected chi connectivity index (χ4v) is 6.84. The van der Waals surface area contributed by atoms with Crippen LogP contribution in [0.15, 0.2) is 18.2 Å². The summed E-state index contributed by atoms with van der Waals surface area (Å²) in [7, 11) is 2.38. The molecule has 192 valence electrons. The summed E-state index contributed by atoms with van der Waals surface area (Å²) < 4.78 is 6.70. The van der Waals surface area contributed by atoms with E-state index in [-0.39, 0.29) is 12.1 Å². The van der Waals surface area contributed by atoms with Gasteiger partial charge in [-0.05, 0) is 56.8 Å². The number of nitrogens with zero attached hydrogens (tertiary/aromatic N) is 3. The van der Waals surface area contributed by atoms with Gasteiger partial charge in [0.15, 0.2) is 0 Å². The molecule has 2 fully saturated rings. The molecule has 0 radical (unpaired) electrons. The zero-order chi connectivity index (χ0) is 24.6. The Labute approximate surface area is 210 Å². The Kier molecular flexibility index (Phi) is 7.11. The summed E-state index contributed by atoms with van der Waals surface area (Å²) in [5, 5.41) is 4.84. The van der Waals surface area contributed by atoms with Gasteiger partial charge in [-0.25, -0.2) is 4.79 Å². The zero-order valence-electron chi connectivity index (χ0n) is 22.1. The number of carbonyl (C=O) groups excluding carboxylic acids is 1. The number of rotatable bonds is 7. The molecule has 0 bridgehead atoms. The van der Waals surface area contributed by atoms with Gasteiger partial charge < -0.3 is 24.4 Å². The molecule has 1 aliphatic carbocycles. The molecule has 2 saturated heterocycles. The lowest BCUT2D eigenvalue weighted by molar-refractivity contribution is -0.929. The fraction of sp³-hybridized carbons (Fsp3) is 0.679.